The van der Waals surface area contributed by atoms with Crippen LogP contribution in [-0.4, -0.2) is 79.4 Å². The molecule has 2 aromatic carbocycles. The summed E-state index contributed by atoms with van der Waals surface area (Å²) in [4.78, 5) is 0. The average molecular weight is 585 g/mol. The van der Waals surface area contributed by atoms with E-state index in [4.69, 9.17) is 37.9 Å². The molecule has 230 valence electrons. The number of benzene rings is 2. The van der Waals surface area contributed by atoms with Crippen LogP contribution in [0.5, 0.6) is 0 Å². The zero-order valence-electron chi connectivity index (χ0n) is 25.1. The Balaban J connectivity index is 1.39. The lowest BCUT2D eigenvalue weighted by Crippen LogP contribution is -2.51. The van der Waals surface area contributed by atoms with E-state index in [0.29, 0.717) is 19.8 Å². The molecule has 3 fully saturated rings. The number of hydrogen-bond acceptors (Lipinski definition) is 9. The van der Waals surface area contributed by atoms with Gasteiger partial charge in [0.25, 0.3) is 0 Å². The highest BCUT2D eigenvalue weighted by Gasteiger charge is 2.57. The molecule has 9 heteroatoms. The summed E-state index contributed by atoms with van der Waals surface area (Å²) in [7, 11) is 1.57. The van der Waals surface area contributed by atoms with Crippen LogP contribution in [0.25, 0.3) is 0 Å². The standard InChI is InChI=1S/C33H44O9/c1-7-23(25(34)28-27(41-33(4,5)42-28)24-20-38-32(2,3)40-24)26-29(36-18-21-14-10-8-11-15-21)30(31(35-6)39-26)37-19-22-16-12-9-13-17-22/h7-17,23-31,34H,1,18-20H2,2-6H3/t23-,24+,25-,26+,27+,28+,29+,30+,31+/m0/s1. The highest BCUT2D eigenvalue weighted by Crippen LogP contribution is 2.41. The average Bonchev–Trinajstić information content (AvgIpc) is 3.63. The fourth-order valence-corrected chi connectivity index (χ4v) is 5.98. The van der Waals surface area contributed by atoms with Gasteiger partial charge >= 0.3 is 0 Å². The smallest absolute Gasteiger partial charge is 0.186 e. The first kappa shape index (κ1) is 31.3. The van der Waals surface area contributed by atoms with Crippen molar-refractivity contribution in [3.63, 3.8) is 0 Å². The maximum absolute atomic E-state index is 11.9. The van der Waals surface area contributed by atoms with Crippen LogP contribution in [0.1, 0.15) is 38.8 Å². The maximum atomic E-state index is 11.9. The predicted molar refractivity (Wildman–Crippen MR) is 154 cm³/mol. The molecule has 9 atom stereocenters. The van der Waals surface area contributed by atoms with Crippen molar-refractivity contribution in [3.8, 4) is 0 Å². The molecule has 0 saturated carbocycles. The maximum Gasteiger partial charge on any atom is 0.186 e. The molecule has 9 nitrogen and oxygen atoms in total. The molecule has 3 aliphatic heterocycles. The molecular weight excluding hydrogens is 540 g/mol. The van der Waals surface area contributed by atoms with Crippen molar-refractivity contribution < 1.29 is 43.0 Å². The summed E-state index contributed by atoms with van der Waals surface area (Å²) in [5, 5.41) is 11.9. The van der Waals surface area contributed by atoms with Gasteiger partial charge in [0.15, 0.2) is 17.9 Å². The van der Waals surface area contributed by atoms with Crippen LogP contribution >= 0.6 is 0 Å². The highest BCUT2D eigenvalue weighted by atomic mass is 16.8. The van der Waals surface area contributed by atoms with E-state index in [1.54, 1.807) is 13.2 Å². The van der Waals surface area contributed by atoms with E-state index in [1.165, 1.54) is 0 Å². The third-order valence-corrected chi connectivity index (χ3v) is 7.95. The second kappa shape index (κ2) is 13.2. The Morgan fingerprint density at radius 2 is 1.45 bits per heavy atom. The number of ether oxygens (including phenoxy) is 8. The Hall–Kier alpha value is -2.18. The zero-order chi connectivity index (χ0) is 29.9. The van der Waals surface area contributed by atoms with Crippen molar-refractivity contribution in [1.29, 1.82) is 0 Å². The van der Waals surface area contributed by atoms with Gasteiger partial charge in [-0.2, -0.15) is 0 Å². The molecule has 3 heterocycles. The molecule has 2 aromatic rings. The summed E-state index contributed by atoms with van der Waals surface area (Å²) in [5.74, 6) is -2.31. The molecule has 0 unspecified atom stereocenters. The van der Waals surface area contributed by atoms with Gasteiger partial charge in [0, 0.05) is 13.0 Å². The van der Waals surface area contributed by atoms with E-state index in [0.717, 1.165) is 11.1 Å². The van der Waals surface area contributed by atoms with E-state index < -0.39 is 66.5 Å². The molecular formula is C33H44O9. The number of aliphatic hydroxyl groups excluding tert-OH is 1. The van der Waals surface area contributed by atoms with Crippen LogP contribution in [0, 0.1) is 5.92 Å². The fourth-order valence-electron chi connectivity index (χ4n) is 5.98. The van der Waals surface area contributed by atoms with Crippen molar-refractivity contribution in [1.82, 2.24) is 0 Å². The highest BCUT2D eigenvalue weighted by molar-refractivity contribution is 5.15. The van der Waals surface area contributed by atoms with E-state index in [1.807, 2.05) is 88.4 Å². The molecule has 0 amide bonds. The lowest BCUT2D eigenvalue weighted by molar-refractivity contribution is -0.181. The van der Waals surface area contributed by atoms with Crippen molar-refractivity contribution in [2.75, 3.05) is 13.7 Å². The Bertz CT molecular complexity index is 1140. The van der Waals surface area contributed by atoms with Crippen molar-refractivity contribution in [2.45, 2.75) is 102 Å². The molecule has 0 aliphatic carbocycles. The minimum absolute atomic E-state index is 0.322. The van der Waals surface area contributed by atoms with Crippen LogP contribution in [0.3, 0.4) is 0 Å². The van der Waals surface area contributed by atoms with Gasteiger partial charge in [-0.15, -0.1) is 6.58 Å². The van der Waals surface area contributed by atoms with Crippen molar-refractivity contribution in [2.24, 2.45) is 5.92 Å². The molecule has 0 spiro atoms. The second-order valence-corrected chi connectivity index (χ2v) is 12.0. The van der Waals surface area contributed by atoms with Gasteiger partial charge in [-0.1, -0.05) is 66.7 Å². The summed E-state index contributed by atoms with van der Waals surface area (Å²) in [6.07, 6.45) is -3.67. The van der Waals surface area contributed by atoms with Gasteiger partial charge in [-0.05, 0) is 38.8 Å². The summed E-state index contributed by atoms with van der Waals surface area (Å²) < 4.78 is 49.6. The van der Waals surface area contributed by atoms with E-state index >= 15 is 0 Å². The summed E-state index contributed by atoms with van der Waals surface area (Å²) in [6, 6.07) is 19.8. The van der Waals surface area contributed by atoms with E-state index in [2.05, 4.69) is 6.58 Å². The summed E-state index contributed by atoms with van der Waals surface area (Å²) in [6.45, 7) is 12.4. The third-order valence-electron chi connectivity index (χ3n) is 7.95. The second-order valence-electron chi connectivity index (χ2n) is 12.0. The molecule has 0 bridgehead atoms. The SMILES string of the molecule is C=C[C@@H]([C@H](O)[C@H]1OC(C)(C)O[C@@H]1[C@H]1COC(C)(C)O1)[C@H]1O[C@@H](OC)[C@H](OCc2ccccc2)[C@@H]1OCc1ccccc1. The lowest BCUT2D eigenvalue weighted by atomic mass is 9.86. The Labute approximate surface area is 248 Å². The molecule has 1 N–H and O–H groups in total. The van der Waals surface area contributed by atoms with Crippen molar-refractivity contribution in [3.05, 3.63) is 84.4 Å². The topological polar surface area (TPSA) is 94.1 Å². The van der Waals surface area contributed by atoms with Crippen molar-refractivity contribution >= 4 is 0 Å². The molecule has 3 saturated heterocycles. The largest absolute Gasteiger partial charge is 0.390 e. The molecule has 0 aromatic heterocycles. The number of aliphatic hydroxyl groups is 1. The minimum atomic E-state index is -1.07. The van der Waals surface area contributed by atoms with Gasteiger partial charge in [0.2, 0.25) is 0 Å². The Kier molecular flexibility index (Phi) is 9.83. The zero-order valence-corrected chi connectivity index (χ0v) is 25.1. The molecule has 5 rings (SSSR count). The predicted octanol–water partition coefficient (Wildman–Crippen LogP) is 4.36. The normalized spacial score (nSPS) is 33.4. The van der Waals surface area contributed by atoms with Crippen LogP contribution in [0.2, 0.25) is 0 Å². The Morgan fingerprint density at radius 3 is 1.98 bits per heavy atom. The van der Waals surface area contributed by atoms with Crippen LogP contribution in [-0.2, 0) is 51.1 Å². The van der Waals surface area contributed by atoms with Gasteiger partial charge in [-0.25, -0.2) is 0 Å². The van der Waals surface area contributed by atoms with E-state index in [9.17, 15) is 5.11 Å². The van der Waals surface area contributed by atoms with Crippen LogP contribution in [0.4, 0.5) is 0 Å². The fraction of sp³-hybridized carbons (Fsp3) is 0.576. The minimum Gasteiger partial charge on any atom is -0.390 e. The van der Waals surface area contributed by atoms with Gasteiger partial charge in [0.05, 0.1) is 32.0 Å². The first-order valence-electron chi connectivity index (χ1n) is 14.6. The number of rotatable bonds is 12. The van der Waals surface area contributed by atoms with E-state index in [-0.39, 0.29) is 0 Å². The van der Waals surface area contributed by atoms with Gasteiger partial charge < -0.3 is 43.0 Å². The molecule has 3 aliphatic rings. The number of hydrogen-bond donors (Lipinski definition) is 1. The quantitative estimate of drug-likeness (QED) is 0.365. The van der Waals surface area contributed by atoms with Gasteiger partial charge in [0.1, 0.15) is 30.5 Å². The monoisotopic (exact) mass is 584 g/mol. The third kappa shape index (κ3) is 7.13. The first-order valence-corrected chi connectivity index (χ1v) is 14.6. The number of methoxy groups -OCH3 is 1. The van der Waals surface area contributed by atoms with Crippen LogP contribution < -0.4 is 0 Å². The van der Waals surface area contributed by atoms with Crippen LogP contribution in [0.15, 0.2) is 73.3 Å². The first-order chi connectivity index (χ1) is 20.1. The summed E-state index contributed by atoms with van der Waals surface area (Å²) >= 11 is 0. The lowest BCUT2D eigenvalue weighted by Gasteiger charge is -2.34. The Morgan fingerprint density at radius 1 is 0.857 bits per heavy atom. The van der Waals surface area contributed by atoms with Gasteiger partial charge in [-0.3, -0.25) is 0 Å². The molecule has 42 heavy (non-hydrogen) atoms. The molecule has 0 radical (unpaired) electrons. The summed E-state index contributed by atoms with van der Waals surface area (Å²) in [5.41, 5.74) is 2.02.